The lowest BCUT2D eigenvalue weighted by molar-refractivity contribution is -0.144. The standard InChI is InChI=1S/C15H9Cl2F3N2O2S/c1-3-4-25(24)12-5-8(9(16)6-10(12)17)14-11(23)7-13(15(18,19)20)22(2)21-14/h1,5-7H,4H2,2H3. The first-order valence-corrected chi connectivity index (χ1v) is 8.60. The van der Waals surface area contributed by atoms with Crippen molar-refractivity contribution in [3.63, 3.8) is 0 Å². The van der Waals surface area contributed by atoms with Gasteiger partial charge in [-0.05, 0) is 12.1 Å². The minimum atomic E-state index is -4.73. The van der Waals surface area contributed by atoms with Crippen molar-refractivity contribution in [2.45, 2.75) is 11.1 Å². The number of aromatic nitrogens is 2. The van der Waals surface area contributed by atoms with Crippen LogP contribution in [-0.4, -0.2) is 19.7 Å². The number of alkyl halides is 3. The average Bonchev–Trinajstić information content (AvgIpc) is 2.48. The molecule has 1 atom stereocenters. The van der Waals surface area contributed by atoms with Crippen molar-refractivity contribution in [1.29, 1.82) is 0 Å². The van der Waals surface area contributed by atoms with Gasteiger partial charge in [0.15, 0.2) is 0 Å². The molecule has 0 saturated heterocycles. The van der Waals surface area contributed by atoms with Crippen molar-refractivity contribution in [2.75, 3.05) is 5.75 Å². The number of hydrogen-bond donors (Lipinski definition) is 0. The number of terminal acetylenes is 1. The number of halogens is 5. The lowest BCUT2D eigenvalue weighted by atomic mass is 10.1. The number of benzene rings is 1. The fourth-order valence-corrected chi connectivity index (χ4v) is 3.59. The molecular formula is C15H9Cl2F3N2O2S. The Morgan fingerprint density at radius 3 is 2.48 bits per heavy atom. The fraction of sp³-hybridized carbons (Fsp3) is 0.200. The summed E-state index contributed by atoms with van der Waals surface area (Å²) in [6.45, 7) is 0. The molecule has 0 aliphatic rings. The molecule has 0 spiro atoms. The number of aryl methyl sites for hydroxylation is 1. The van der Waals surface area contributed by atoms with Gasteiger partial charge in [0.2, 0.25) is 5.43 Å². The Morgan fingerprint density at radius 1 is 1.28 bits per heavy atom. The summed E-state index contributed by atoms with van der Waals surface area (Å²) < 4.78 is 51.2. The molecule has 1 unspecified atom stereocenters. The van der Waals surface area contributed by atoms with Gasteiger partial charge in [-0.25, -0.2) is 0 Å². The highest BCUT2D eigenvalue weighted by Gasteiger charge is 2.34. The van der Waals surface area contributed by atoms with Crippen LogP contribution in [0.5, 0.6) is 0 Å². The number of rotatable bonds is 3. The van der Waals surface area contributed by atoms with Crippen LogP contribution in [0.4, 0.5) is 13.2 Å². The molecule has 0 N–H and O–H groups in total. The Hall–Kier alpha value is -1.82. The smallest absolute Gasteiger partial charge is 0.287 e. The Labute approximate surface area is 153 Å². The van der Waals surface area contributed by atoms with Gasteiger partial charge in [0, 0.05) is 18.7 Å². The quantitative estimate of drug-likeness (QED) is 0.730. The van der Waals surface area contributed by atoms with Crippen molar-refractivity contribution in [2.24, 2.45) is 7.05 Å². The van der Waals surface area contributed by atoms with Gasteiger partial charge in [0.25, 0.3) is 0 Å². The number of hydrogen-bond acceptors (Lipinski definition) is 3. The van der Waals surface area contributed by atoms with Crippen LogP contribution >= 0.6 is 23.2 Å². The fourth-order valence-electron chi connectivity index (χ4n) is 2.03. The van der Waals surface area contributed by atoms with Crippen LogP contribution < -0.4 is 5.43 Å². The SMILES string of the molecule is C#CCS(=O)c1cc(-c2nn(C)c(C(F)(F)F)cc2=O)c(Cl)cc1Cl. The van der Waals surface area contributed by atoms with E-state index >= 15 is 0 Å². The van der Waals surface area contributed by atoms with Crippen LogP contribution in [0.3, 0.4) is 0 Å². The minimum Gasteiger partial charge on any atom is -0.287 e. The topological polar surface area (TPSA) is 52.0 Å². The van der Waals surface area contributed by atoms with E-state index in [-0.39, 0.29) is 32.0 Å². The maximum atomic E-state index is 12.8. The Bertz CT molecular complexity index is 965. The van der Waals surface area contributed by atoms with E-state index in [1.54, 1.807) is 0 Å². The molecule has 0 fully saturated rings. The van der Waals surface area contributed by atoms with Crippen molar-refractivity contribution in [3.8, 4) is 23.6 Å². The lowest BCUT2D eigenvalue weighted by Crippen LogP contribution is -2.22. The van der Waals surface area contributed by atoms with E-state index in [0.29, 0.717) is 10.7 Å². The predicted octanol–water partition coefficient (Wildman–Crippen LogP) is 3.51. The summed E-state index contributed by atoms with van der Waals surface area (Å²) >= 11 is 12.0. The average molecular weight is 409 g/mol. The molecule has 0 bridgehead atoms. The molecule has 0 radical (unpaired) electrons. The second kappa shape index (κ2) is 7.20. The maximum Gasteiger partial charge on any atom is 0.433 e. The molecule has 0 aliphatic carbocycles. The van der Waals surface area contributed by atoms with E-state index in [9.17, 15) is 22.2 Å². The number of nitrogens with zero attached hydrogens (tertiary/aromatic N) is 2. The van der Waals surface area contributed by atoms with Crippen LogP contribution in [0.25, 0.3) is 11.3 Å². The molecular weight excluding hydrogens is 400 g/mol. The normalized spacial score (nSPS) is 12.7. The summed E-state index contributed by atoms with van der Waals surface area (Å²) in [5, 5.41) is 3.71. The highest BCUT2D eigenvalue weighted by Crippen LogP contribution is 2.33. The van der Waals surface area contributed by atoms with Crippen LogP contribution in [0, 0.1) is 12.3 Å². The van der Waals surface area contributed by atoms with E-state index < -0.39 is 28.1 Å². The van der Waals surface area contributed by atoms with Gasteiger partial charge in [-0.1, -0.05) is 29.1 Å². The third kappa shape index (κ3) is 4.06. The zero-order valence-corrected chi connectivity index (χ0v) is 14.9. The summed E-state index contributed by atoms with van der Waals surface area (Å²) in [5.74, 6) is 2.09. The predicted molar refractivity (Wildman–Crippen MR) is 90.0 cm³/mol. The summed E-state index contributed by atoms with van der Waals surface area (Å²) in [6, 6.07) is 2.90. The van der Waals surface area contributed by atoms with Gasteiger partial charge < -0.3 is 0 Å². The van der Waals surface area contributed by atoms with Crippen LogP contribution in [0.1, 0.15) is 5.69 Å². The molecule has 25 heavy (non-hydrogen) atoms. The summed E-state index contributed by atoms with van der Waals surface area (Å²) in [6.07, 6.45) is 0.379. The Balaban J connectivity index is 2.69. The zero-order chi connectivity index (χ0) is 18.9. The lowest BCUT2D eigenvalue weighted by Gasteiger charge is -2.13. The molecule has 2 aromatic rings. The van der Waals surface area contributed by atoms with Gasteiger partial charge in [-0.15, -0.1) is 6.42 Å². The summed E-state index contributed by atoms with van der Waals surface area (Å²) in [4.78, 5) is 12.2. The molecule has 10 heteroatoms. The van der Waals surface area contributed by atoms with Crippen LogP contribution in [0.15, 0.2) is 27.9 Å². The van der Waals surface area contributed by atoms with Gasteiger partial charge in [-0.3, -0.25) is 13.7 Å². The van der Waals surface area contributed by atoms with E-state index in [1.165, 1.54) is 12.1 Å². The zero-order valence-electron chi connectivity index (χ0n) is 12.5. The molecule has 0 aliphatic heterocycles. The third-order valence-electron chi connectivity index (χ3n) is 3.13. The third-order valence-corrected chi connectivity index (χ3v) is 5.12. The summed E-state index contributed by atoms with van der Waals surface area (Å²) in [5.41, 5.74) is -2.50. The van der Waals surface area contributed by atoms with Crippen LogP contribution in [0.2, 0.25) is 10.0 Å². The molecule has 2 rings (SSSR count). The molecule has 4 nitrogen and oxygen atoms in total. The monoisotopic (exact) mass is 408 g/mol. The minimum absolute atomic E-state index is 0.0146. The molecule has 0 saturated carbocycles. The van der Waals surface area contributed by atoms with Crippen LogP contribution in [-0.2, 0) is 24.0 Å². The van der Waals surface area contributed by atoms with Crippen molar-refractivity contribution in [1.82, 2.24) is 9.78 Å². The molecule has 132 valence electrons. The Morgan fingerprint density at radius 2 is 1.92 bits per heavy atom. The second-order valence-corrected chi connectivity index (χ2v) is 7.05. The van der Waals surface area contributed by atoms with Crippen molar-refractivity contribution in [3.05, 3.63) is 44.2 Å². The maximum absolute atomic E-state index is 12.8. The molecule has 1 aromatic carbocycles. The Kier molecular flexibility index (Phi) is 5.62. The van der Waals surface area contributed by atoms with Gasteiger partial charge in [0.1, 0.15) is 11.4 Å². The van der Waals surface area contributed by atoms with Gasteiger partial charge in [-0.2, -0.15) is 18.3 Å². The highest BCUT2D eigenvalue weighted by atomic mass is 35.5. The van der Waals surface area contributed by atoms with E-state index in [2.05, 4.69) is 11.0 Å². The van der Waals surface area contributed by atoms with Gasteiger partial charge in [0.05, 0.1) is 31.5 Å². The molecule has 0 amide bonds. The first-order chi connectivity index (χ1) is 11.6. The van der Waals surface area contributed by atoms with E-state index in [1.807, 2.05) is 0 Å². The first kappa shape index (κ1) is 19.5. The van der Waals surface area contributed by atoms with Gasteiger partial charge >= 0.3 is 6.18 Å². The van der Waals surface area contributed by atoms with E-state index in [4.69, 9.17) is 29.6 Å². The van der Waals surface area contributed by atoms with E-state index in [0.717, 1.165) is 7.05 Å². The first-order valence-electron chi connectivity index (χ1n) is 6.53. The van der Waals surface area contributed by atoms with Crippen molar-refractivity contribution < 1.29 is 17.4 Å². The molecule has 1 heterocycles. The second-order valence-electron chi connectivity index (χ2n) is 4.82. The largest absolute Gasteiger partial charge is 0.433 e. The van der Waals surface area contributed by atoms with Crippen molar-refractivity contribution >= 4 is 34.0 Å². The highest BCUT2D eigenvalue weighted by molar-refractivity contribution is 7.85. The summed E-state index contributed by atoms with van der Waals surface area (Å²) in [7, 11) is -0.612. The molecule has 1 aromatic heterocycles.